The summed E-state index contributed by atoms with van der Waals surface area (Å²) in [6, 6.07) is 0. The van der Waals surface area contributed by atoms with Crippen molar-refractivity contribution in [3.05, 3.63) is 20.2 Å². The van der Waals surface area contributed by atoms with Gasteiger partial charge in [-0.25, -0.2) is 0 Å². The molecule has 10 nitrogen and oxygen atoms in total. The van der Waals surface area contributed by atoms with Gasteiger partial charge < -0.3 is 9.47 Å². The molecule has 0 fully saturated rings. The molecule has 0 rings (SSSR count). The summed E-state index contributed by atoms with van der Waals surface area (Å²) in [7, 11) is 0. The van der Waals surface area contributed by atoms with E-state index in [0.717, 1.165) is 13.8 Å². The van der Waals surface area contributed by atoms with E-state index in [-0.39, 0.29) is 0 Å². The SMILES string of the molecule is CC(=O)OCC(COC(C)=O)([N+](=O)[O-])[N+](=O)[O-]. The lowest BCUT2D eigenvalue weighted by Gasteiger charge is -2.16. The zero-order valence-electron chi connectivity index (χ0n) is 9.07. The molecule has 0 heterocycles. The molecule has 17 heavy (non-hydrogen) atoms. The molecule has 0 aromatic carbocycles. The van der Waals surface area contributed by atoms with E-state index >= 15 is 0 Å². The zero-order valence-corrected chi connectivity index (χ0v) is 9.07. The Hall–Kier alpha value is -2.26. The molecule has 0 aromatic rings. The van der Waals surface area contributed by atoms with Crippen LogP contribution in [0, 0.1) is 20.2 Å². The number of hydrogen-bond donors (Lipinski definition) is 0. The van der Waals surface area contributed by atoms with Crippen LogP contribution in [0.1, 0.15) is 13.8 Å². The highest BCUT2D eigenvalue weighted by Crippen LogP contribution is 2.13. The monoisotopic (exact) mass is 250 g/mol. The Balaban J connectivity index is 4.99. The summed E-state index contributed by atoms with van der Waals surface area (Å²) in [6.07, 6.45) is 0. The lowest BCUT2D eigenvalue weighted by Crippen LogP contribution is -2.54. The van der Waals surface area contributed by atoms with Crippen molar-refractivity contribution in [1.29, 1.82) is 0 Å². The Morgan fingerprint density at radius 3 is 1.47 bits per heavy atom. The van der Waals surface area contributed by atoms with Crippen molar-refractivity contribution in [2.75, 3.05) is 13.2 Å². The first-order chi connectivity index (χ1) is 7.72. The van der Waals surface area contributed by atoms with Crippen LogP contribution in [-0.2, 0) is 19.1 Å². The molecule has 0 saturated carbocycles. The first kappa shape index (κ1) is 14.7. The van der Waals surface area contributed by atoms with Crippen LogP contribution >= 0.6 is 0 Å². The zero-order chi connectivity index (χ0) is 13.6. The Kier molecular flexibility index (Phi) is 4.96. The summed E-state index contributed by atoms with van der Waals surface area (Å²) in [5.74, 6) is -1.83. The minimum absolute atomic E-state index is 0.916. The fourth-order valence-corrected chi connectivity index (χ4v) is 0.754. The molecular formula is C7H10N2O8. The van der Waals surface area contributed by atoms with Gasteiger partial charge in [0.25, 0.3) is 0 Å². The van der Waals surface area contributed by atoms with E-state index in [9.17, 15) is 29.8 Å². The van der Waals surface area contributed by atoms with Crippen molar-refractivity contribution in [1.82, 2.24) is 0 Å². The van der Waals surface area contributed by atoms with Crippen LogP contribution in [0.3, 0.4) is 0 Å². The van der Waals surface area contributed by atoms with Crippen LogP contribution < -0.4 is 0 Å². The Morgan fingerprint density at radius 2 is 1.29 bits per heavy atom. The lowest BCUT2D eigenvalue weighted by molar-refractivity contribution is -0.799. The van der Waals surface area contributed by atoms with E-state index in [4.69, 9.17) is 0 Å². The molecule has 0 saturated heterocycles. The number of rotatable bonds is 6. The molecule has 0 aromatic heterocycles. The molecule has 0 aliphatic rings. The number of ether oxygens (including phenoxy) is 2. The van der Waals surface area contributed by atoms with Gasteiger partial charge in [-0.3, -0.25) is 29.8 Å². The molecule has 0 atom stereocenters. The van der Waals surface area contributed by atoms with Gasteiger partial charge in [0.1, 0.15) is 9.85 Å². The molecule has 0 aliphatic heterocycles. The summed E-state index contributed by atoms with van der Waals surface area (Å²) < 4.78 is 8.50. The summed E-state index contributed by atoms with van der Waals surface area (Å²) in [5.41, 5.74) is -2.88. The molecule has 0 N–H and O–H groups in total. The smallest absolute Gasteiger partial charge is 0.450 e. The second-order valence-electron chi connectivity index (χ2n) is 3.06. The lowest BCUT2D eigenvalue weighted by atomic mass is 10.2. The van der Waals surface area contributed by atoms with Gasteiger partial charge in [-0.15, -0.1) is 0 Å². The fourth-order valence-electron chi connectivity index (χ4n) is 0.754. The highest BCUT2D eigenvalue weighted by molar-refractivity contribution is 5.66. The maximum Gasteiger partial charge on any atom is 0.523 e. The van der Waals surface area contributed by atoms with Gasteiger partial charge in [-0.05, 0) is 0 Å². The minimum atomic E-state index is -2.88. The predicted molar refractivity (Wildman–Crippen MR) is 50.0 cm³/mol. The number of hydrogen-bond acceptors (Lipinski definition) is 8. The molecule has 0 spiro atoms. The van der Waals surface area contributed by atoms with Gasteiger partial charge in [0, 0.05) is 13.8 Å². The summed E-state index contributed by atoms with van der Waals surface area (Å²) in [6.45, 7) is -0.349. The van der Waals surface area contributed by atoms with Gasteiger partial charge in [-0.2, -0.15) is 0 Å². The van der Waals surface area contributed by atoms with Crippen LogP contribution in [-0.4, -0.2) is 40.7 Å². The van der Waals surface area contributed by atoms with Gasteiger partial charge >= 0.3 is 17.6 Å². The molecule has 10 heteroatoms. The van der Waals surface area contributed by atoms with E-state index in [1.54, 1.807) is 0 Å². The standard InChI is InChI=1S/C7H10N2O8/c1-5(10)16-3-7(8(12)13,9(14)15)4-17-6(2)11/h3-4H2,1-2H3. The third kappa shape index (κ3) is 4.01. The fraction of sp³-hybridized carbons (Fsp3) is 0.714. The third-order valence-electron chi connectivity index (χ3n) is 1.69. The third-order valence-corrected chi connectivity index (χ3v) is 1.69. The van der Waals surface area contributed by atoms with Crippen LogP contribution in [0.2, 0.25) is 0 Å². The second kappa shape index (κ2) is 5.72. The van der Waals surface area contributed by atoms with Gasteiger partial charge in [0.2, 0.25) is 13.2 Å². The van der Waals surface area contributed by atoms with Crippen molar-refractivity contribution in [3.8, 4) is 0 Å². The number of carbonyl (C=O) groups is 2. The number of nitro groups is 2. The first-order valence-electron chi connectivity index (χ1n) is 4.28. The molecular weight excluding hydrogens is 240 g/mol. The summed E-state index contributed by atoms with van der Waals surface area (Å²) in [5, 5.41) is 21.3. The van der Waals surface area contributed by atoms with E-state index in [1.165, 1.54) is 0 Å². The van der Waals surface area contributed by atoms with E-state index in [2.05, 4.69) is 9.47 Å². The molecule has 0 radical (unpaired) electrons. The molecule has 0 amide bonds. The number of nitrogens with zero attached hydrogens (tertiary/aromatic N) is 2. The van der Waals surface area contributed by atoms with Crippen molar-refractivity contribution in [2.24, 2.45) is 0 Å². The van der Waals surface area contributed by atoms with Gasteiger partial charge in [-0.1, -0.05) is 0 Å². The molecule has 0 bridgehead atoms. The maximum absolute atomic E-state index is 10.7. The minimum Gasteiger partial charge on any atom is -0.450 e. The Bertz CT molecular complexity index is 318. The highest BCUT2D eigenvalue weighted by Gasteiger charge is 2.59. The molecule has 0 unspecified atom stereocenters. The number of carbonyl (C=O) groups excluding carboxylic acids is 2. The second-order valence-corrected chi connectivity index (χ2v) is 3.06. The molecule has 96 valence electrons. The maximum atomic E-state index is 10.7. The highest BCUT2D eigenvalue weighted by atomic mass is 16.7. The largest absolute Gasteiger partial charge is 0.523 e. The van der Waals surface area contributed by atoms with Crippen molar-refractivity contribution in [3.63, 3.8) is 0 Å². The van der Waals surface area contributed by atoms with Crippen molar-refractivity contribution in [2.45, 2.75) is 19.5 Å². The van der Waals surface area contributed by atoms with Crippen LogP contribution in [0.15, 0.2) is 0 Å². The molecule has 0 aliphatic carbocycles. The predicted octanol–water partition coefficient (Wildman–Crippen LogP) is -0.638. The Morgan fingerprint density at radius 1 is 1.00 bits per heavy atom. The quantitative estimate of drug-likeness (QED) is 0.262. The van der Waals surface area contributed by atoms with E-state index in [1.807, 2.05) is 0 Å². The van der Waals surface area contributed by atoms with Crippen LogP contribution in [0.25, 0.3) is 0 Å². The van der Waals surface area contributed by atoms with Crippen LogP contribution in [0.5, 0.6) is 0 Å². The van der Waals surface area contributed by atoms with Gasteiger partial charge in [0.15, 0.2) is 0 Å². The summed E-state index contributed by atoms with van der Waals surface area (Å²) in [4.78, 5) is 39.8. The Labute approximate surface area is 94.8 Å². The van der Waals surface area contributed by atoms with Gasteiger partial charge in [0.05, 0.1) is 0 Å². The van der Waals surface area contributed by atoms with Crippen molar-refractivity contribution < 1.29 is 28.9 Å². The average Bonchev–Trinajstić information content (AvgIpc) is 2.16. The van der Waals surface area contributed by atoms with E-state index in [0.29, 0.717) is 0 Å². The summed E-state index contributed by atoms with van der Waals surface area (Å²) >= 11 is 0. The number of esters is 2. The topological polar surface area (TPSA) is 139 Å². The van der Waals surface area contributed by atoms with Crippen molar-refractivity contribution >= 4 is 11.9 Å². The van der Waals surface area contributed by atoms with E-state index < -0.39 is 40.7 Å². The normalized spacial score (nSPS) is 10.5. The first-order valence-corrected chi connectivity index (χ1v) is 4.28. The van der Waals surface area contributed by atoms with Crippen LogP contribution in [0.4, 0.5) is 0 Å². The average molecular weight is 250 g/mol.